The topological polar surface area (TPSA) is 74.5 Å². The van der Waals surface area contributed by atoms with E-state index in [1.165, 1.54) is 7.11 Å². The Kier molecular flexibility index (Phi) is 4.84. The summed E-state index contributed by atoms with van der Waals surface area (Å²) in [5, 5.41) is 3.86. The molecule has 6 heteroatoms. The Morgan fingerprint density at radius 1 is 1.25 bits per heavy atom. The van der Waals surface area contributed by atoms with Crippen molar-refractivity contribution in [2.24, 2.45) is 0 Å². The maximum atomic E-state index is 11.4. The van der Waals surface area contributed by atoms with Crippen LogP contribution >= 0.6 is 0 Å². The summed E-state index contributed by atoms with van der Waals surface area (Å²) in [4.78, 5) is 15.6. The molecule has 0 bridgehead atoms. The molecule has 0 radical (unpaired) electrons. The summed E-state index contributed by atoms with van der Waals surface area (Å²) in [7, 11) is 3.10. The average molecular weight is 276 g/mol. The van der Waals surface area contributed by atoms with E-state index in [1.54, 1.807) is 7.11 Å². The zero-order valence-corrected chi connectivity index (χ0v) is 11.5. The number of ketones is 1. The van der Waals surface area contributed by atoms with E-state index in [2.05, 4.69) is 10.1 Å². The fraction of sp³-hybridized carbons (Fsp3) is 0.357. The molecule has 0 fully saturated rings. The predicted molar refractivity (Wildman–Crippen MR) is 70.7 cm³/mol. The molecule has 1 aromatic carbocycles. The number of carbonyl (C=O) groups is 1. The molecule has 2 rings (SSSR count). The fourth-order valence-electron chi connectivity index (χ4n) is 1.74. The van der Waals surface area contributed by atoms with Crippen molar-refractivity contribution in [3.05, 3.63) is 41.5 Å². The Labute approximate surface area is 116 Å². The van der Waals surface area contributed by atoms with E-state index in [-0.39, 0.29) is 18.8 Å². The average Bonchev–Trinajstić information content (AvgIpc) is 2.87. The molecule has 0 saturated carbocycles. The predicted octanol–water partition coefficient (Wildman–Crippen LogP) is 1.43. The van der Waals surface area contributed by atoms with Gasteiger partial charge in [0, 0.05) is 13.5 Å². The van der Waals surface area contributed by atoms with Gasteiger partial charge in [-0.25, -0.2) is 0 Å². The van der Waals surface area contributed by atoms with Crippen LogP contribution in [0.15, 0.2) is 28.8 Å². The van der Waals surface area contributed by atoms with Crippen molar-refractivity contribution < 1.29 is 18.8 Å². The molecule has 2 aromatic rings. The number of Topliss-reactive ketones (excluding diaryl/α,β-unsaturated/α-hetero) is 1. The third-order valence-electron chi connectivity index (χ3n) is 2.69. The van der Waals surface area contributed by atoms with Crippen LogP contribution in [-0.4, -0.2) is 36.8 Å². The molecular weight excluding hydrogens is 260 g/mol. The lowest BCUT2D eigenvalue weighted by Crippen LogP contribution is -2.09. The molecule has 20 heavy (non-hydrogen) atoms. The van der Waals surface area contributed by atoms with Gasteiger partial charge in [0.1, 0.15) is 12.4 Å². The highest BCUT2D eigenvalue weighted by atomic mass is 16.5. The quantitative estimate of drug-likeness (QED) is 0.761. The lowest BCUT2D eigenvalue weighted by Gasteiger charge is -2.00. The van der Waals surface area contributed by atoms with Gasteiger partial charge in [-0.1, -0.05) is 17.3 Å². The van der Waals surface area contributed by atoms with Crippen LogP contribution < -0.4 is 4.74 Å². The molecule has 6 nitrogen and oxygen atoms in total. The van der Waals surface area contributed by atoms with Crippen molar-refractivity contribution in [2.45, 2.75) is 12.8 Å². The van der Waals surface area contributed by atoms with Crippen molar-refractivity contribution in [3.8, 4) is 5.75 Å². The first-order valence-corrected chi connectivity index (χ1v) is 6.16. The van der Waals surface area contributed by atoms with Gasteiger partial charge in [0.25, 0.3) is 0 Å². The largest absolute Gasteiger partial charge is 0.497 e. The molecule has 0 amide bonds. The number of rotatable bonds is 7. The van der Waals surface area contributed by atoms with Crippen LogP contribution in [0.4, 0.5) is 0 Å². The van der Waals surface area contributed by atoms with E-state index in [9.17, 15) is 4.79 Å². The molecule has 1 aromatic heterocycles. The lowest BCUT2D eigenvalue weighted by atomic mass is 10.1. The van der Waals surface area contributed by atoms with E-state index >= 15 is 0 Å². The number of methoxy groups -OCH3 is 2. The number of aromatic nitrogens is 2. The number of ether oxygens (including phenoxy) is 2. The highest BCUT2D eigenvalue weighted by Gasteiger charge is 2.11. The number of hydrogen-bond donors (Lipinski definition) is 0. The maximum absolute atomic E-state index is 11.4. The second kappa shape index (κ2) is 6.81. The van der Waals surface area contributed by atoms with E-state index in [1.807, 2.05) is 24.3 Å². The van der Waals surface area contributed by atoms with Gasteiger partial charge in [-0.2, -0.15) is 4.98 Å². The molecule has 0 saturated heterocycles. The first-order chi connectivity index (χ1) is 9.71. The normalized spacial score (nSPS) is 10.5. The van der Waals surface area contributed by atoms with Gasteiger partial charge in [-0.3, -0.25) is 4.79 Å². The molecule has 0 aliphatic rings. The van der Waals surface area contributed by atoms with Crippen molar-refractivity contribution in [1.29, 1.82) is 0 Å². The summed E-state index contributed by atoms with van der Waals surface area (Å²) in [5.41, 5.74) is 1.04. The van der Waals surface area contributed by atoms with E-state index in [4.69, 9.17) is 14.0 Å². The smallest absolute Gasteiger partial charge is 0.234 e. The summed E-state index contributed by atoms with van der Waals surface area (Å²) in [6, 6.07) is 7.62. The first-order valence-electron chi connectivity index (χ1n) is 6.16. The van der Waals surface area contributed by atoms with Gasteiger partial charge < -0.3 is 14.0 Å². The van der Waals surface area contributed by atoms with Gasteiger partial charge in [-0.05, 0) is 17.7 Å². The van der Waals surface area contributed by atoms with Gasteiger partial charge in [0.2, 0.25) is 5.89 Å². The van der Waals surface area contributed by atoms with Crippen LogP contribution in [0.25, 0.3) is 0 Å². The molecule has 0 N–H and O–H groups in total. The van der Waals surface area contributed by atoms with Crippen molar-refractivity contribution in [1.82, 2.24) is 10.1 Å². The number of hydrogen-bond acceptors (Lipinski definition) is 6. The van der Waals surface area contributed by atoms with Crippen LogP contribution in [0.3, 0.4) is 0 Å². The van der Waals surface area contributed by atoms with Crippen LogP contribution in [0, 0.1) is 0 Å². The zero-order chi connectivity index (χ0) is 14.4. The fourth-order valence-corrected chi connectivity index (χ4v) is 1.74. The number of carbonyl (C=O) groups excluding carboxylic acids is 1. The van der Waals surface area contributed by atoms with Crippen LogP contribution in [-0.2, 0) is 22.4 Å². The summed E-state index contributed by atoms with van der Waals surface area (Å²) in [5.74, 6) is 1.57. The molecule has 0 spiro atoms. The summed E-state index contributed by atoms with van der Waals surface area (Å²) >= 11 is 0. The molecule has 1 heterocycles. The summed E-state index contributed by atoms with van der Waals surface area (Å²) < 4.78 is 14.9. The monoisotopic (exact) mass is 276 g/mol. The molecule has 0 unspecified atom stereocenters. The minimum absolute atomic E-state index is 0.0518. The summed E-state index contributed by atoms with van der Waals surface area (Å²) in [6.45, 7) is 0.0518. The molecule has 106 valence electrons. The standard InChI is InChI=1S/C14H16N2O4/c1-18-9-11(17)8-14-15-13(16-20-14)7-10-3-5-12(19-2)6-4-10/h3-6H,7-9H2,1-2H3. The highest BCUT2D eigenvalue weighted by Crippen LogP contribution is 2.13. The zero-order valence-electron chi connectivity index (χ0n) is 11.5. The molecular formula is C14H16N2O4. The number of nitrogens with zero attached hydrogens (tertiary/aromatic N) is 2. The van der Waals surface area contributed by atoms with Crippen LogP contribution in [0.2, 0.25) is 0 Å². The Morgan fingerprint density at radius 2 is 2.00 bits per heavy atom. The summed E-state index contributed by atoms with van der Waals surface area (Å²) in [6.07, 6.45) is 0.648. The third-order valence-corrected chi connectivity index (χ3v) is 2.69. The van der Waals surface area contributed by atoms with Gasteiger partial charge in [-0.15, -0.1) is 0 Å². The van der Waals surface area contributed by atoms with E-state index < -0.39 is 0 Å². The SMILES string of the molecule is COCC(=O)Cc1nc(Cc2ccc(OC)cc2)no1. The Balaban J connectivity index is 1.96. The first kappa shape index (κ1) is 14.2. The maximum Gasteiger partial charge on any atom is 0.234 e. The van der Waals surface area contributed by atoms with E-state index in [0.717, 1.165) is 11.3 Å². The Morgan fingerprint density at radius 3 is 2.65 bits per heavy atom. The Bertz CT molecular complexity index is 563. The highest BCUT2D eigenvalue weighted by molar-refractivity contribution is 5.81. The Hall–Kier alpha value is -2.21. The van der Waals surface area contributed by atoms with Crippen LogP contribution in [0.5, 0.6) is 5.75 Å². The second-order valence-corrected chi connectivity index (χ2v) is 4.28. The van der Waals surface area contributed by atoms with Crippen molar-refractivity contribution >= 4 is 5.78 Å². The third kappa shape index (κ3) is 3.89. The second-order valence-electron chi connectivity index (χ2n) is 4.28. The van der Waals surface area contributed by atoms with Crippen molar-refractivity contribution in [3.63, 3.8) is 0 Å². The minimum Gasteiger partial charge on any atom is -0.497 e. The van der Waals surface area contributed by atoms with Crippen LogP contribution in [0.1, 0.15) is 17.3 Å². The van der Waals surface area contributed by atoms with E-state index in [0.29, 0.717) is 18.1 Å². The van der Waals surface area contributed by atoms with Gasteiger partial charge in [0.05, 0.1) is 13.5 Å². The lowest BCUT2D eigenvalue weighted by molar-refractivity contribution is -0.122. The molecule has 0 aliphatic carbocycles. The molecule has 0 aliphatic heterocycles. The molecule has 0 atom stereocenters. The van der Waals surface area contributed by atoms with Crippen molar-refractivity contribution in [2.75, 3.05) is 20.8 Å². The minimum atomic E-state index is -0.0906. The van der Waals surface area contributed by atoms with Gasteiger partial charge in [0.15, 0.2) is 11.6 Å². The van der Waals surface area contributed by atoms with Gasteiger partial charge >= 0.3 is 0 Å². The number of benzene rings is 1.